The van der Waals surface area contributed by atoms with Crippen LogP contribution in [-0.4, -0.2) is 57.1 Å². The topological polar surface area (TPSA) is 80.6 Å². The molecule has 8 nitrogen and oxygen atoms in total. The Labute approximate surface area is 266 Å². The summed E-state index contributed by atoms with van der Waals surface area (Å²) in [5, 5.41) is 6.62. The zero-order chi connectivity index (χ0) is 31.5. The molecule has 0 saturated carbocycles. The smallest absolute Gasteiger partial charge is 0.250 e. The maximum Gasteiger partial charge on any atom is 0.250 e. The molecule has 1 aliphatic rings. The van der Waals surface area contributed by atoms with Crippen LogP contribution < -0.4 is 4.90 Å². The minimum absolute atomic E-state index is 0.0243. The number of hydrogen-bond donors (Lipinski definition) is 0. The fourth-order valence-electron chi connectivity index (χ4n) is 6.03. The Hall–Kier alpha value is -3.63. The van der Waals surface area contributed by atoms with Crippen LogP contribution in [0.5, 0.6) is 0 Å². The minimum Gasteiger partial charge on any atom is -0.360 e. The van der Waals surface area contributed by atoms with E-state index >= 15 is 0 Å². The number of hydrogen-bond acceptors (Lipinski definition) is 7. The van der Waals surface area contributed by atoms with Crippen molar-refractivity contribution < 1.29 is 14.3 Å². The summed E-state index contributed by atoms with van der Waals surface area (Å²) in [6.07, 6.45) is 1.06. The molecule has 228 valence electrons. The Bertz CT molecular complexity index is 1910. The van der Waals surface area contributed by atoms with E-state index in [0.29, 0.717) is 23.2 Å². The Kier molecular flexibility index (Phi) is 7.86. The molecule has 0 bridgehead atoms. The first kappa shape index (κ1) is 30.4. The van der Waals surface area contributed by atoms with Crippen LogP contribution in [0.3, 0.4) is 0 Å². The van der Waals surface area contributed by atoms with E-state index in [0.717, 1.165) is 48.9 Å². The minimum atomic E-state index is -0.771. The van der Waals surface area contributed by atoms with Crippen LogP contribution in [0.25, 0.3) is 32.2 Å². The number of thiazole rings is 1. The summed E-state index contributed by atoms with van der Waals surface area (Å²) in [5.41, 5.74) is 5.66. The number of halogens is 1. The molecule has 2 aromatic heterocycles. The van der Waals surface area contributed by atoms with Gasteiger partial charge >= 0.3 is 0 Å². The number of aromatic nitrogens is 3. The number of rotatable bonds is 6. The fraction of sp³-hybridized carbons (Fsp3) is 0.353. The van der Waals surface area contributed by atoms with Gasteiger partial charge in [-0.3, -0.25) is 24.1 Å². The highest BCUT2D eigenvalue weighted by molar-refractivity contribution is 7.23. The number of aryl methyl sites for hydroxylation is 2. The highest BCUT2D eigenvalue weighted by Crippen LogP contribution is 2.45. The van der Waals surface area contributed by atoms with Crippen LogP contribution >= 0.6 is 22.9 Å². The standard InChI is InChI=1S/C34H36ClN5O3S/c1-19-16-25-31(28(21-8-11-24(35)12-9-21)27(19)30(20(2)41)43-34(3,4)5)44-33(37-25)40-15-14-38(6)29(32(40)42)22-10-13-26-23(17-22)18-36-39(26)7/h8-13,16-18,29-30H,14-15H2,1-7H3/t29?,30-/m1/s1. The van der Waals surface area contributed by atoms with Gasteiger partial charge in [-0.05, 0) is 88.7 Å². The normalized spacial score (nSPS) is 17.1. The van der Waals surface area contributed by atoms with Crippen LogP contribution in [-0.2, 0) is 21.4 Å². The van der Waals surface area contributed by atoms with Crippen molar-refractivity contribution in [1.29, 1.82) is 0 Å². The lowest BCUT2D eigenvalue weighted by molar-refractivity contribution is -0.138. The molecule has 10 heteroatoms. The quantitative estimate of drug-likeness (QED) is 0.196. The molecule has 6 rings (SSSR count). The van der Waals surface area contributed by atoms with Gasteiger partial charge < -0.3 is 4.74 Å². The van der Waals surface area contributed by atoms with E-state index in [1.54, 1.807) is 11.8 Å². The Morgan fingerprint density at radius 3 is 2.50 bits per heavy atom. The van der Waals surface area contributed by atoms with Gasteiger partial charge in [-0.15, -0.1) is 0 Å². The second kappa shape index (κ2) is 11.4. The van der Waals surface area contributed by atoms with Gasteiger partial charge in [-0.1, -0.05) is 41.1 Å². The molecule has 44 heavy (non-hydrogen) atoms. The molecule has 1 amide bonds. The first-order valence-corrected chi connectivity index (χ1v) is 15.8. The number of carbonyl (C=O) groups excluding carboxylic acids is 2. The Morgan fingerprint density at radius 2 is 1.82 bits per heavy atom. The van der Waals surface area contributed by atoms with Gasteiger partial charge in [0.05, 0.1) is 27.5 Å². The summed E-state index contributed by atoms with van der Waals surface area (Å²) >= 11 is 7.75. The van der Waals surface area contributed by atoms with Gasteiger partial charge in [0.1, 0.15) is 12.1 Å². The molecule has 3 heterocycles. The zero-order valence-electron chi connectivity index (χ0n) is 26.0. The summed E-state index contributed by atoms with van der Waals surface area (Å²) < 4.78 is 9.11. The summed E-state index contributed by atoms with van der Waals surface area (Å²) in [5.74, 6) is -0.103. The largest absolute Gasteiger partial charge is 0.360 e. The highest BCUT2D eigenvalue weighted by atomic mass is 35.5. The van der Waals surface area contributed by atoms with Crippen molar-refractivity contribution in [2.75, 3.05) is 25.0 Å². The van der Waals surface area contributed by atoms with Crippen molar-refractivity contribution in [3.8, 4) is 11.1 Å². The van der Waals surface area contributed by atoms with Gasteiger partial charge in [-0.25, -0.2) is 4.98 Å². The van der Waals surface area contributed by atoms with E-state index < -0.39 is 17.7 Å². The van der Waals surface area contributed by atoms with Crippen LogP contribution in [0, 0.1) is 6.92 Å². The van der Waals surface area contributed by atoms with Crippen LogP contribution in [0.4, 0.5) is 5.13 Å². The number of nitrogens with zero attached hydrogens (tertiary/aromatic N) is 5. The number of carbonyl (C=O) groups is 2. The molecule has 1 aliphatic heterocycles. The molecule has 1 fully saturated rings. The molecule has 5 aromatic rings. The summed E-state index contributed by atoms with van der Waals surface area (Å²) in [6.45, 7) is 10.6. The number of anilines is 1. The molecule has 0 spiro atoms. The molecule has 3 aromatic carbocycles. The van der Waals surface area contributed by atoms with Gasteiger partial charge in [0.25, 0.3) is 5.91 Å². The zero-order valence-corrected chi connectivity index (χ0v) is 27.6. The van der Waals surface area contributed by atoms with E-state index in [2.05, 4.69) is 16.1 Å². The van der Waals surface area contributed by atoms with Crippen molar-refractivity contribution in [2.24, 2.45) is 7.05 Å². The third-order valence-corrected chi connectivity index (χ3v) is 9.45. The molecule has 0 aliphatic carbocycles. The van der Waals surface area contributed by atoms with Crippen molar-refractivity contribution in [3.05, 3.63) is 76.4 Å². The molecular formula is C34H36ClN5O3S. The maximum absolute atomic E-state index is 14.2. The van der Waals surface area contributed by atoms with Gasteiger partial charge in [-0.2, -0.15) is 5.10 Å². The molecule has 1 unspecified atom stereocenters. The van der Waals surface area contributed by atoms with Crippen LogP contribution in [0.2, 0.25) is 5.02 Å². The van der Waals surface area contributed by atoms with E-state index in [1.165, 1.54) is 11.3 Å². The molecule has 0 radical (unpaired) electrons. The van der Waals surface area contributed by atoms with Crippen molar-refractivity contribution in [3.63, 3.8) is 0 Å². The van der Waals surface area contributed by atoms with E-state index in [9.17, 15) is 9.59 Å². The molecule has 2 atom stereocenters. The monoisotopic (exact) mass is 629 g/mol. The van der Waals surface area contributed by atoms with Crippen molar-refractivity contribution >= 4 is 60.9 Å². The second-order valence-electron chi connectivity index (χ2n) is 12.5. The Balaban J connectivity index is 1.48. The van der Waals surface area contributed by atoms with Crippen molar-refractivity contribution in [1.82, 2.24) is 19.7 Å². The van der Waals surface area contributed by atoms with Gasteiger partial charge in [0, 0.05) is 41.7 Å². The summed E-state index contributed by atoms with van der Waals surface area (Å²) in [4.78, 5) is 36.2. The molecule has 1 saturated heterocycles. The lowest BCUT2D eigenvalue weighted by Crippen LogP contribution is -2.51. The van der Waals surface area contributed by atoms with E-state index in [-0.39, 0.29) is 11.7 Å². The predicted molar refractivity (Wildman–Crippen MR) is 178 cm³/mol. The lowest BCUT2D eigenvalue weighted by Gasteiger charge is -2.37. The van der Waals surface area contributed by atoms with Gasteiger partial charge in [0.2, 0.25) is 0 Å². The first-order valence-electron chi connectivity index (χ1n) is 14.6. The first-order chi connectivity index (χ1) is 20.8. The number of benzene rings is 3. The molecular weight excluding hydrogens is 594 g/mol. The second-order valence-corrected chi connectivity index (χ2v) is 13.9. The third-order valence-electron chi connectivity index (χ3n) is 8.09. The van der Waals surface area contributed by atoms with E-state index in [1.807, 2.05) is 95.1 Å². The SMILES string of the molecule is CC(=O)[C@@H](OC(C)(C)C)c1c(C)cc2nc(N3CCN(C)C(c4ccc5c(cnn5C)c4)C3=O)sc2c1-c1ccc(Cl)cc1. The average molecular weight is 630 g/mol. The number of ether oxygens (including phenoxy) is 1. The maximum atomic E-state index is 14.2. The van der Waals surface area contributed by atoms with Crippen LogP contribution in [0.15, 0.2) is 54.7 Å². The molecule has 0 N–H and O–H groups in total. The summed E-state index contributed by atoms with van der Waals surface area (Å²) in [7, 11) is 3.89. The Morgan fingerprint density at radius 1 is 1.09 bits per heavy atom. The van der Waals surface area contributed by atoms with Crippen LogP contribution in [0.1, 0.15) is 56.5 Å². The van der Waals surface area contributed by atoms with E-state index in [4.69, 9.17) is 21.3 Å². The lowest BCUT2D eigenvalue weighted by atomic mass is 9.90. The number of fused-ring (bicyclic) bond motifs is 2. The highest BCUT2D eigenvalue weighted by Gasteiger charge is 2.37. The van der Waals surface area contributed by atoms with Crippen molar-refractivity contribution in [2.45, 2.75) is 52.4 Å². The third kappa shape index (κ3) is 5.54. The number of likely N-dealkylation sites (N-methyl/N-ethyl adjacent to an activating group) is 1. The van der Waals surface area contributed by atoms with Gasteiger partial charge in [0.15, 0.2) is 10.9 Å². The number of Topliss-reactive ketones (excluding diaryl/α,β-unsaturated/α-hetero) is 1. The average Bonchev–Trinajstić information content (AvgIpc) is 3.54. The number of ketones is 1. The fourth-order valence-corrected chi connectivity index (χ4v) is 7.31. The summed E-state index contributed by atoms with van der Waals surface area (Å²) in [6, 6.07) is 15.2. The predicted octanol–water partition coefficient (Wildman–Crippen LogP) is 7.28. The number of piperazine rings is 1. The number of amides is 1.